The highest BCUT2D eigenvalue weighted by molar-refractivity contribution is 4.79. The first-order valence-electron chi connectivity index (χ1n) is 3.38. The molecule has 48 valence electrons. The third kappa shape index (κ3) is 1.03. The lowest BCUT2D eigenvalue weighted by atomic mass is 9.73. The topological polar surface area (TPSA) is 20.2 Å². The molecule has 0 heterocycles. The summed E-state index contributed by atoms with van der Waals surface area (Å²) in [6, 6.07) is 0. The van der Waals surface area contributed by atoms with E-state index in [0.717, 1.165) is 5.92 Å². The number of hydrogen-bond acceptors (Lipinski definition) is 1. The lowest BCUT2D eigenvalue weighted by molar-refractivity contribution is 0.0465. The molecule has 0 amide bonds. The molecule has 1 aliphatic carbocycles. The highest BCUT2D eigenvalue weighted by Gasteiger charge is 2.28. The van der Waals surface area contributed by atoms with Gasteiger partial charge in [0.2, 0.25) is 0 Å². The fraction of sp³-hybridized carbons (Fsp3) is 1.00. The quantitative estimate of drug-likeness (QED) is 0.546. The van der Waals surface area contributed by atoms with E-state index in [9.17, 15) is 0 Å². The van der Waals surface area contributed by atoms with Gasteiger partial charge >= 0.3 is 0 Å². The fourth-order valence-corrected chi connectivity index (χ4v) is 1.36. The van der Waals surface area contributed by atoms with Crippen LogP contribution in [0.5, 0.6) is 0 Å². The van der Waals surface area contributed by atoms with Crippen molar-refractivity contribution < 1.29 is 5.11 Å². The predicted molar refractivity (Wildman–Crippen MR) is 33.6 cm³/mol. The van der Waals surface area contributed by atoms with Gasteiger partial charge in [-0.05, 0) is 31.6 Å². The normalized spacial score (nSPS) is 40.9. The van der Waals surface area contributed by atoms with E-state index in [-0.39, 0.29) is 6.10 Å². The number of aliphatic hydroxyl groups excluding tert-OH is 1. The summed E-state index contributed by atoms with van der Waals surface area (Å²) in [7, 11) is 0. The van der Waals surface area contributed by atoms with E-state index in [4.69, 9.17) is 5.11 Å². The van der Waals surface area contributed by atoms with E-state index >= 15 is 0 Å². The summed E-state index contributed by atoms with van der Waals surface area (Å²) in [4.78, 5) is 0. The molecule has 0 aromatic rings. The Morgan fingerprint density at radius 2 is 2.00 bits per heavy atom. The first-order chi connectivity index (χ1) is 3.70. The largest absolute Gasteiger partial charge is 0.393 e. The first kappa shape index (κ1) is 6.09. The van der Waals surface area contributed by atoms with Crippen LogP contribution in [0.3, 0.4) is 0 Å². The summed E-state index contributed by atoms with van der Waals surface area (Å²) in [5, 5.41) is 8.99. The maximum absolute atomic E-state index is 8.99. The zero-order valence-corrected chi connectivity index (χ0v) is 5.59. The lowest BCUT2D eigenvalue weighted by Crippen LogP contribution is -2.29. The molecule has 8 heavy (non-hydrogen) atoms. The Hall–Kier alpha value is -0.0400. The van der Waals surface area contributed by atoms with Crippen molar-refractivity contribution >= 4 is 0 Å². The average Bonchev–Trinajstić information content (AvgIpc) is 1.57. The molecule has 1 atom stereocenters. The van der Waals surface area contributed by atoms with Crippen LogP contribution in [-0.4, -0.2) is 11.2 Å². The fourth-order valence-electron chi connectivity index (χ4n) is 1.36. The Bertz CT molecular complexity index is 72.5. The molecule has 0 saturated heterocycles. The zero-order valence-electron chi connectivity index (χ0n) is 5.59. The SMILES string of the molecule is CC1CC(C(C)O)C1. The maximum atomic E-state index is 8.99. The second-order valence-corrected chi connectivity index (χ2v) is 3.08. The molecule has 1 aliphatic rings. The molecule has 1 fully saturated rings. The van der Waals surface area contributed by atoms with E-state index < -0.39 is 0 Å². The minimum absolute atomic E-state index is 0.0637. The molecule has 0 spiro atoms. The van der Waals surface area contributed by atoms with Crippen LogP contribution in [0.25, 0.3) is 0 Å². The van der Waals surface area contributed by atoms with Gasteiger partial charge in [0.15, 0.2) is 0 Å². The summed E-state index contributed by atoms with van der Waals surface area (Å²) in [6.07, 6.45) is 2.40. The highest BCUT2D eigenvalue weighted by Crippen LogP contribution is 2.35. The van der Waals surface area contributed by atoms with Crippen LogP contribution in [0, 0.1) is 11.8 Å². The summed E-state index contributed by atoms with van der Waals surface area (Å²) >= 11 is 0. The lowest BCUT2D eigenvalue weighted by Gasteiger charge is -2.34. The molecule has 0 aliphatic heterocycles. The second-order valence-electron chi connectivity index (χ2n) is 3.08. The van der Waals surface area contributed by atoms with Gasteiger partial charge in [-0.3, -0.25) is 0 Å². The number of hydrogen-bond donors (Lipinski definition) is 1. The van der Waals surface area contributed by atoms with Crippen molar-refractivity contribution in [3.05, 3.63) is 0 Å². The predicted octanol–water partition coefficient (Wildman–Crippen LogP) is 1.41. The van der Waals surface area contributed by atoms with Crippen LogP contribution in [0.15, 0.2) is 0 Å². The third-order valence-electron chi connectivity index (χ3n) is 2.09. The Kier molecular flexibility index (Phi) is 1.57. The molecule has 1 rings (SSSR count). The Morgan fingerprint density at radius 1 is 1.50 bits per heavy atom. The second kappa shape index (κ2) is 2.06. The van der Waals surface area contributed by atoms with Crippen LogP contribution in [-0.2, 0) is 0 Å². The minimum atomic E-state index is -0.0637. The minimum Gasteiger partial charge on any atom is -0.393 e. The number of rotatable bonds is 1. The average molecular weight is 114 g/mol. The summed E-state index contributed by atoms with van der Waals surface area (Å²) in [6.45, 7) is 4.12. The van der Waals surface area contributed by atoms with Crippen molar-refractivity contribution in [2.45, 2.75) is 32.8 Å². The molecular weight excluding hydrogens is 100 g/mol. The molecule has 0 aromatic carbocycles. The van der Waals surface area contributed by atoms with Gasteiger partial charge in [-0.15, -0.1) is 0 Å². The Balaban J connectivity index is 2.15. The van der Waals surface area contributed by atoms with Gasteiger partial charge < -0.3 is 5.11 Å². The monoisotopic (exact) mass is 114 g/mol. The van der Waals surface area contributed by atoms with Gasteiger partial charge in [0.05, 0.1) is 6.10 Å². The van der Waals surface area contributed by atoms with Crippen molar-refractivity contribution in [3.8, 4) is 0 Å². The highest BCUT2D eigenvalue weighted by atomic mass is 16.3. The van der Waals surface area contributed by atoms with Gasteiger partial charge in [0.1, 0.15) is 0 Å². The van der Waals surface area contributed by atoms with Crippen molar-refractivity contribution in [3.63, 3.8) is 0 Å². The van der Waals surface area contributed by atoms with Gasteiger partial charge in [0, 0.05) is 0 Å². The van der Waals surface area contributed by atoms with Crippen molar-refractivity contribution in [1.82, 2.24) is 0 Å². The first-order valence-corrected chi connectivity index (χ1v) is 3.38. The van der Waals surface area contributed by atoms with E-state index in [1.54, 1.807) is 0 Å². The summed E-state index contributed by atoms with van der Waals surface area (Å²) in [5.41, 5.74) is 0. The van der Waals surface area contributed by atoms with Crippen LogP contribution >= 0.6 is 0 Å². The van der Waals surface area contributed by atoms with Crippen LogP contribution in [0.4, 0.5) is 0 Å². The maximum Gasteiger partial charge on any atom is 0.0540 e. The zero-order chi connectivity index (χ0) is 6.15. The van der Waals surface area contributed by atoms with Crippen LogP contribution in [0.2, 0.25) is 0 Å². The van der Waals surface area contributed by atoms with E-state index in [1.807, 2.05) is 6.92 Å². The smallest absolute Gasteiger partial charge is 0.0540 e. The van der Waals surface area contributed by atoms with Gasteiger partial charge in [-0.25, -0.2) is 0 Å². The van der Waals surface area contributed by atoms with Crippen molar-refractivity contribution in [2.75, 3.05) is 0 Å². The van der Waals surface area contributed by atoms with E-state index in [0.29, 0.717) is 5.92 Å². The molecule has 1 N–H and O–H groups in total. The molecule has 0 bridgehead atoms. The molecule has 0 aromatic heterocycles. The standard InChI is InChI=1S/C7H14O/c1-5-3-7(4-5)6(2)8/h5-8H,3-4H2,1-2H3. The summed E-state index contributed by atoms with van der Waals surface area (Å²) in [5.74, 6) is 1.49. The molecule has 1 heteroatoms. The molecule has 0 radical (unpaired) electrons. The van der Waals surface area contributed by atoms with Gasteiger partial charge in [-0.1, -0.05) is 6.92 Å². The van der Waals surface area contributed by atoms with Gasteiger partial charge in [-0.2, -0.15) is 0 Å². The van der Waals surface area contributed by atoms with Crippen LogP contribution in [0.1, 0.15) is 26.7 Å². The molecule has 1 nitrogen and oxygen atoms in total. The molecule has 1 unspecified atom stereocenters. The number of aliphatic hydroxyl groups is 1. The summed E-state index contributed by atoms with van der Waals surface area (Å²) < 4.78 is 0. The van der Waals surface area contributed by atoms with E-state index in [1.165, 1.54) is 12.8 Å². The Morgan fingerprint density at radius 3 is 2.12 bits per heavy atom. The van der Waals surface area contributed by atoms with Crippen molar-refractivity contribution in [2.24, 2.45) is 11.8 Å². The van der Waals surface area contributed by atoms with Crippen LogP contribution < -0.4 is 0 Å². The molecular formula is C7H14O. The van der Waals surface area contributed by atoms with Gasteiger partial charge in [0.25, 0.3) is 0 Å². The Labute approximate surface area is 50.7 Å². The molecule has 1 saturated carbocycles. The van der Waals surface area contributed by atoms with Crippen molar-refractivity contribution in [1.29, 1.82) is 0 Å². The third-order valence-corrected chi connectivity index (χ3v) is 2.09. The van der Waals surface area contributed by atoms with E-state index in [2.05, 4.69) is 6.92 Å².